The first-order valence-corrected chi connectivity index (χ1v) is 6.96. The van der Waals surface area contributed by atoms with Crippen molar-refractivity contribution in [2.24, 2.45) is 5.92 Å². The molecule has 1 heterocycles. The van der Waals surface area contributed by atoms with Crippen LogP contribution in [0.25, 0.3) is 0 Å². The van der Waals surface area contributed by atoms with Gasteiger partial charge >= 0.3 is 0 Å². The molecular weight excluding hydrogens is 262 g/mol. The second kappa shape index (κ2) is 6.79. The maximum Gasteiger partial charge on any atom is 0.227 e. The highest BCUT2D eigenvalue weighted by Gasteiger charge is 2.23. The van der Waals surface area contributed by atoms with E-state index in [0.29, 0.717) is 19.0 Å². The lowest BCUT2D eigenvalue weighted by Crippen LogP contribution is -2.43. The van der Waals surface area contributed by atoms with E-state index in [1.165, 1.54) is 0 Å². The lowest BCUT2D eigenvalue weighted by Gasteiger charge is -2.32. The molecule has 20 heavy (non-hydrogen) atoms. The molecule has 0 aromatic heterocycles. The van der Waals surface area contributed by atoms with Crippen LogP contribution in [0.2, 0.25) is 0 Å². The summed E-state index contributed by atoms with van der Waals surface area (Å²) < 4.78 is 26.6. The fourth-order valence-electron chi connectivity index (χ4n) is 2.70. The molecule has 1 aliphatic rings. The predicted molar refractivity (Wildman–Crippen MR) is 73.3 cm³/mol. The van der Waals surface area contributed by atoms with Crippen LogP contribution in [0.1, 0.15) is 18.4 Å². The molecule has 1 unspecified atom stereocenters. The van der Waals surface area contributed by atoms with Crippen molar-refractivity contribution in [2.45, 2.75) is 19.3 Å². The van der Waals surface area contributed by atoms with E-state index >= 15 is 0 Å². The number of carbonyl (C=O) groups excluding carboxylic acids is 1. The number of likely N-dealkylation sites (tertiary alicyclic amines) is 1. The molecule has 1 aromatic rings. The summed E-state index contributed by atoms with van der Waals surface area (Å²) in [7, 11) is 1.89. The maximum atomic E-state index is 13.5. The van der Waals surface area contributed by atoms with E-state index in [9.17, 15) is 13.6 Å². The van der Waals surface area contributed by atoms with E-state index in [4.69, 9.17) is 0 Å². The zero-order valence-corrected chi connectivity index (χ0v) is 11.7. The number of nitrogens with one attached hydrogen (secondary N) is 1. The minimum Gasteiger partial charge on any atom is -0.342 e. The molecule has 1 N–H and O–H groups in total. The summed E-state index contributed by atoms with van der Waals surface area (Å²) in [6, 6.07) is 3.23. The van der Waals surface area contributed by atoms with E-state index in [-0.39, 0.29) is 17.9 Å². The van der Waals surface area contributed by atoms with Crippen LogP contribution >= 0.6 is 0 Å². The van der Waals surface area contributed by atoms with Crippen molar-refractivity contribution in [3.63, 3.8) is 0 Å². The molecule has 1 fully saturated rings. The first-order chi connectivity index (χ1) is 9.60. The van der Waals surface area contributed by atoms with Gasteiger partial charge in [-0.3, -0.25) is 4.79 Å². The van der Waals surface area contributed by atoms with Crippen LogP contribution in [0.4, 0.5) is 8.78 Å². The van der Waals surface area contributed by atoms with E-state index in [0.717, 1.165) is 37.6 Å². The van der Waals surface area contributed by atoms with Crippen LogP contribution in [0.15, 0.2) is 18.2 Å². The molecule has 0 saturated carbocycles. The Morgan fingerprint density at radius 2 is 2.25 bits per heavy atom. The van der Waals surface area contributed by atoms with Gasteiger partial charge < -0.3 is 10.2 Å². The number of hydrogen-bond donors (Lipinski definition) is 1. The summed E-state index contributed by atoms with van der Waals surface area (Å²) in [5.74, 6) is -0.727. The van der Waals surface area contributed by atoms with Gasteiger partial charge in [-0.1, -0.05) is 0 Å². The summed E-state index contributed by atoms with van der Waals surface area (Å²) >= 11 is 0. The SMILES string of the molecule is CNCC1CCCN(C(=O)Cc2cc(F)ccc2F)C1. The third-order valence-corrected chi connectivity index (χ3v) is 3.71. The largest absolute Gasteiger partial charge is 0.342 e. The zero-order chi connectivity index (χ0) is 14.5. The fourth-order valence-corrected chi connectivity index (χ4v) is 2.70. The van der Waals surface area contributed by atoms with Gasteiger partial charge in [-0.05, 0) is 50.6 Å². The molecule has 2 rings (SSSR count). The molecule has 1 aliphatic heterocycles. The van der Waals surface area contributed by atoms with Gasteiger partial charge in [-0.15, -0.1) is 0 Å². The van der Waals surface area contributed by atoms with Gasteiger partial charge in [0.25, 0.3) is 0 Å². The molecule has 3 nitrogen and oxygen atoms in total. The third kappa shape index (κ3) is 3.76. The van der Waals surface area contributed by atoms with Crippen molar-refractivity contribution in [3.05, 3.63) is 35.4 Å². The molecule has 1 saturated heterocycles. The van der Waals surface area contributed by atoms with Crippen LogP contribution in [0.5, 0.6) is 0 Å². The third-order valence-electron chi connectivity index (χ3n) is 3.71. The topological polar surface area (TPSA) is 32.3 Å². The molecule has 0 spiro atoms. The molecule has 1 aromatic carbocycles. The van der Waals surface area contributed by atoms with E-state index in [1.807, 2.05) is 7.05 Å². The Kier molecular flexibility index (Phi) is 5.06. The Bertz CT molecular complexity index is 477. The minimum absolute atomic E-state index is 0.0735. The van der Waals surface area contributed by atoms with Gasteiger partial charge in [0.15, 0.2) is 0 Å². The first-order valence-electron chi connectivity index (χ1n) is 6.96. The molecule has 110 valence electrons. The zero-order valence-electron chi connectivity index (χ0n) is 11.7. The van der Waals surface area contributed by atoms with E-state index in [1.54, 1.807) is 4.90 Å². The first kappa shape index (κ1) is 14.9. The van der Waals surface area contributed by atoms with Crippen molar-refractivity contribution in [3.8, 4) is 0 Å². The standard InChI is InChI=1S/C15H20F2N2O/c1-18-9-11-3-2-6-19(10-11)15(20)8-12-7-13(16)4-5-14(12)17/h4-5,7,11,18H,2-3,6,8-10H2,1H3. The Hall–Kier alpha value is -1.49. The van der Waals surface area contributed by atoms with Gasteiger partial charge in [-0.2, -0.15) is 0 Å². The van der Waals surface area contributed by atoms with Crippen LogP contribution in [-0.2, 0) is 11.2 Å². The summed E-state index contributed by atoms with van der Waals surface area (Å²) in [5, 5.41) is 3.12. The highest BCUT2D eigenvalue weighted by atomic mass is 19.1. The van der Waals surface area contributed by atoms with Crippen LogP contribution in [0.3, 0.4) is 0 Å². The highest BCUT2D eigenvalue weighted by molar-refractivity contribution is 5.79. The smallest absolute Gasteiger partial charge is 0.227 e. The summed E-state index contributed by atoms with van der Waals surface area (Å²) in [6.07, 6.45) is 1.98. The number of carbonyl (C=O) groups is 1. The number of nitrogens with zero attached hydrogens (tertiary/aromatic N) is 1. The van der Waals surface area contributed by atoms with E-state index < -0.39 is 11.6 Å². The molecule has 0 bridgehead atoms. The molecule has 1 amide bonds. The van der Waals surface area contributed by atoms with Crippen molar-refractivity contribution in [1.29, 1.82) is 0 Å². The Labute approximate surface area is 118 Å². The summed E-state index contributed by atoms with van der Waals surface area (Å²) in [4.78, 5) is 14.0. The fraction of sp³-hybridized carbons (Fsp3) is 0.533. The van der Waals surface area contributed by atoms with Gasteiger partial charge in [0.05, 0.1) is 6.42 Å². The number of benzene rings is 1. The average molecular weight is 282 g/mol. The molecule has 0 radical (unpaired) electrons. The molecule has 5 heteroatoms. The van der Waals surface area contributed by atoms with Gasteiger partial charge in [0.2, 0.25) is 5.91 Å². The maximum absolute atomic E-state index is 13.5. The van der Waals surface area contributed by atoms with Crippen molar-refractivity contribution >= 4 is 5.91 Å². The second-order valence-electron chi connectivity index (χ2n) is 5.32. The van der Waals surface area contributed by atoms with Crippen LogP contribution < -0.4 is 5.32 Å². The van der Waals surface area contributed by atoms with Crippen LogP contribution in [0, 0.1) is 17.6 Å². The highest BCUT2D eigenvalue weighted by Crippen LogP contribution is 2.18. The lowest BCUT2D eigenvalue weighted by atomic mass is 9.97. The Morgan fingerprint density at radius 1 is 1.45 bits per heavy atom. The monoisotopic (exact) mass is 282 g/mol. The average Bonchev–Trinajstić information content (AvgIpc) is 2.43. The van der Waals surface area contributed by atoms with Gasteiger partial charge in [0, 0.05) is 18.7 Å². The number of hydrogen-bond acceptors (Lipinski definition) is 2. The van der Waals surface area contributed by atoms with Crippen LogP contribution in [-0.4, -0.2) is 37.5 Å². The second-order valence-corrected chi connectivity index (χ2v) is 5.32. The van der Waals surface area contributed by atoms with Crippen molar-refractivity contribution in [1.82, 2.24) is 10.2 Å². The Balaban J connectivity index is 1.99. The molecule has 1 atom stereocenters. The van der Waals surface area contributed by atoms with Crippen molar-refractivity contribution < 1.29 is 13.6 Å². The number of rotatable bonds is 4. The molecule has 0 aliphatic carbocycles. The number of halogens is 2. The van der Waals surface area contributed by atoms with Gasteiger partial charge in [0.1, 0.15) is 11.6 Å². The lowest BCUT2D eigenvalue weighted by molar-refractivity contribution is -0.132. The quantitative estimate of drug-likeness (QED) is 0.915. The Morgan fingerprint density at radius 3 is 3.00 bits per heavy atom. The predicted octanol–water partition coefficient (Wildman–Crippen LogP) is 1.97. The summed E-state index contributed by atoms with van der Waals surface area (Å²) in [6.45, 7) is 2.27. The van der Waals surface area contributed by atoms with E-state index in [2.05, 4.69) is 5.32 Å². The summed E-state index contributed by atoms with van der Waals surface area (Å²) in [5.41, 5.74) is 0.130. The normalized spacial score (nSPS) is 19.1. The number of amides is 1. The van der Waals surface area contributed by atoms with Crippen molar-refractivity contribution in [2.75, 3.05) is 26.7 Å². The molecular formula is C15H20F2N2O. The van der Waals surface area contributed by atoms with Gasteiger partial charge in [-0.25, -0.2) is 8.78 Å². The minimum atomic E-state index is -0.525. The number of piperidine rings is 1.